The zero-order valence-electron chi connectivity index (χ0n) is 11.8. The lowest BCUT2D eigenvalue weighted by molar-refractivity contribution is 0.0586. The van der Waals surface area contributed by atoms with Gasteiger partial charge in [-0.25, -0.2) is 4.79 Å². The van der Waals surface area contributed by atoms with Gasteiger partial charge in [-0.15, -0.1) is 0 Å². The highest BCUT2D eigenvalue weighted by Gasteiger charge is 2.33. The highest BCUT2D eigenvalue weighted by Crippen LogP contribution is 2.32. The van der Waals surface area contributed by atoms with Gasteiger partial charge in [0.15, 0.2) is 0 Å². The second kappa shape index (κ2) is 6.42. The largest absolute Gasteiger partial charge is 0.445 e. The molecule has 1 fully saturated rings. The number of carbonyl (C=O) groups excluding carboxylic acids is 1. The molecule has 0 radical (unpaired) electrons. The van der Waals surface area contributed by atoms with Gasteiger partial charge in [-0.2, -0.15) is 5.26 Å². The fourth-order valence-electron chi connectivity index (χ4n) is 2.62. The first-order chi connectivity index (χ1) is 9.63. The van der Waals surface area contributed by atoms with Gasteiger partial charge in [0.2, 0.25) is 0 Å². The molecule has 0 bridgehead atoms. The number of benzene rings is 1. The van der Waals surface area contributed by atoms with Gasteiger partial charge in [0.25, 0.3) is 0 Å². The van der Waals surface area contributed by atoms with E-state index in [1.807, 2.05) is 30.3 Å². The predicted molar refractivity (Wildman–Crippen MR) is 75.8 cm³/mol. The molecule has 20 heavy (non-hydrogen) atoms. The van der Waals surface area contributed by atoms with Crippen molar-refractivity contribution in [3.8, 4) is 6.07 Å². The van der Waals surface area contributed by atoms with Crippen molar-refractivity contribution in [3.05, 3.63) is 35.9 Å². The number of piperidine rings is 1. The van der Waals surface area contributed by atoms with Gasteiger partial charge < -0.3 is 9.64 Å². The third kappa shape index (κ3) is 3.74. The minimum Gasteiger partial charge on any atom is -0.445 e. The van der Waals surface area contributed by atoms with Crippen LogP contribution in [0.5, 0.6) is 0 Å². The molecule has 1 unspecified atom stereocenters. The third-order valence-corrected chi connectivity index (χ3v) is 3.75. The molecule has 1 aromatic carbocycles. The molecule has 1 heterocycles. The first kappa shape index (κ1) is 14.4. The molecule has 1 atom stereocenters. The van der Waals surface area contributed by atoms with E-state index in [2.05, 4.69) is 13.0 Å². The maximum absolute atomic E-state index is 12.1. The number of ether oxygens (including phenoxy) is 1. The van der Waals surface area contributed by atoms with Crippen LogP contribution < -0.4 is 0 Å². The summed E-state index contributed by atoms with van der Waals surface area (Å²) in [5.74, 6) is 0. The van der Waals surface area contributed by atoms with Crippen LogP contribution in [0.2, 0.25) is 0 Å². The van der Waals surface area contributed by atoms with Crippen LogP contribution in [0.4, 0.5) is 4.79 Å². The van der Waals surface area contributed by atoms with Gasteiger partial charge in [-0.05, 0) is 23.8 Å². The van der Waals surface area contributed by atoms with E-state index in [-0.39, 0.29) is 11.5 Å². The fourth-order valence-corrected chi connectivity index (χ4v) is 2.62. The number of amides is 1. The standard InChI is InChI=1S/C16H20N2O2/c1-16(9-10-17)8-5-11-18(13-16)15(19)20-12-14-6-3-2-4-7-14/h2-4,6-7H,5,8-9,11-13H2,1H3. The van der Waals surface area contributed by atoms with Crippen molar-refractivity contribution >= 4 is 6.09 Å². The molecular weight excluding hydrogens is 252 g/mol. The van der Waals surface area contributed by atoms with Crippen molar-refractivity contribution in [1.29, 1.82) is 5.26 Å². The maximum atomic E-state index is 12.1. The zero-order valence-corrected chi connectivity index (χ0v) is 11.8. The van der Waals surface area contributed by atoms with Crippen LogP contribution in [0.1, 0.15) is 31.7 Å². The quantitative estimate of drug-likeness (QED) is 0.848. The summed E-state index contributed by atoms with van der Waals surface area (Å²) in [6, 6.07) is 11.9. The molecule has 1 saturated heterocycles. The van der Waals surface area contributed by atoms with Crippen molar-refractivity contribution in [1.82, 2.24) is 4.90 Å². The number of hydrogen-bond donors (Lipinski definition) is 0. The normalized spacial score (nSPS) is 22.1. The summed E-state index contributed by atoms with van der Waals surface area (Å²) in [5.41, 5.74) is 0.885. The molecule has 0 aliphatic carbocycles. The Labute approximate surface area is 120 Å². The van der Waals surface area contributed by atoms with Crippen LogP contribution in [0.3, 0.4) is 0 Å². The number of rotatable bonds is 3. The Bertz CT molecular complexity index is 495. The number of likely N-dealkylation sites (tertiary alicyclic amines) is 1. The SMILES string of the molecule is CC1(CC#N)CCCN(C(=O)OCc2ccccc2)C1. The highest BCUT2D eigenvalue weighted by atomic mass is 16.6. The lowest BCUT2D eigenvalue weighted by Crippen LogP contribution is -2.44. The number of carbonyl (C=O) groups is 1. The zero-order chi connectivity index (χ0) is 14.4. The second-order valence-corrected chi connectivity index (χ2v) is 5.71. The Morgan fingerprint density at radius 1 is 1.45 bits per heavy atom. The van der Waals surface area contributed by atoms with Crippen molar-refractivity contribution in [2.45, 2.75) is 32.8 Å². The summed E-state index contributed by atoms with van der Waals surface area (Å²) >= 11 is 0. The molecule has 4 heteroatoms. The average molecular weight is 272 g/mol. The molecule has 0 saturated carbocycles. The van der Waals surface area contributed by atoms with E-state index < -0.39 is 0 Å². The molecular formula is C16H20N2O2. The van der Waals surface area contributed by atoms with E-state index in [4.69, 9.17) is 10.00 Å². The van der Waals surface area contributed by atoms with Crippen LogP contribution in [-0.2, 0) is 11.3 Å². The third-order valence-electron chi connectivity index (χ3n) is 3.75. The molecule has 1 aliphatic rings. The van der Waals surface area contributed by atoms with Crippen molar-refractivity contribution in [3.63, 3.8) is 0 Å². The summed E-state index contributed by atoms with van der Waals surface area (Å²) < 4.78 is 5.34. The van der Waals surface area contributed by atoms with E-state index in [9.17, 15) is 4.79 Å². The lowest BCUT2D eigenvalue weighted by atomic mass is 9.79. The van der Waals surface area contributed by atoms with Crippen LogP contribution in [0.15, 0.2) is 30.3 Å². The predicted octanol–water partition coefficient (Wildman–Crippen LogP) is 3.34. The van der Waals surface area contributed by atoms with Crippen LogP contribution in [0.25, 0.3) is 0 Å². The number of nitriles is 1. The molecule has 0 spiro atoms. The Kier molecular flexibility index (Phi) is 4.62. The van der Waals surface area contributed by atoms with Crippen LogP contribution in [0, 0.1) is 16.7 Å². The molecule has 4 nitrogen and oxygen atoms in total. The van der Waals surface area contributed by atoms with Crippen LogP contribution >= 0.6 is 0 Å². The molecule has 1 aliphatic heterocycles. The summed E-state index contributed by atoms with van der Waals surface area (Å²) in [4.78, 5) is 13.8. The Hall–Kier alpha value is -2.02. The lowest BCUT2D eigenvalue weighted by Gasteiger charge is -2.38. The highest BCUT2D eigenvalue weighted by molar-refractivity contribution is 5.67. The van der Waals surface area contributed by atoms with E-state index in [1.165, 1.54) is 0 Å². The minimum absolute atomic E-state index is 0.0984. The Morgan fingerprint density at radius 2 is 2.20 bits per heavy atom. The van der Waals surface area contributed by atoms with E-state index in [0.29, 0.717) is 26.1 Å². The summed E-state index contributed by atoms with van der Waals surface area (Å²) in [5, 5.41) is 8.88. The van der Waals surface area contributed by atoms with Gasteiger partial charge in [0, 0.05) is 19.5 Å². The fraction of sp³-hybridized carbons (Fsp3) is 0.500. The summed E-state index contributed by atoms with van der Waals surface area (Å²) in [7, 11) is 0. The average Bonchev–Trinajstić information content (AvgIpc) is 2.46. The molecule has 1 amide bonds. The second-order valence-electron chi connectivity index (χ2n) is 5.71. The van der Waals surface area contributed by atoms with Crippen molar-refractivity contribution in [2.75, 3.05) is 13.1 Å². The van der Waals surface area contributed by atoms with Gasteiger partial charge in [0.05, 0.1) is 6.07 Å². The molecule has 2 rings (SSSR count). The summed E-state index contributed by atoms with van der Waals surface area (Å²) in [6.45, 7) is 3.68. The first-order valence-corrected chi connectivity index (χ1v) is 6.96. The maximum Gasteiger partial charge on any atom is 0.410 e. The topological polar surface area (TPSA) is 53.3 Å². The monoisotopic (exact) mass is 272 g/mol. The van der Waals surface area contributed by atoms with Gasteiger partial charge >= 0.3 is 6.09 Å². The van der Waals surface area contributed by atoms with Gasteiger partial charge in [0.1, 0.15) is 6.61 Å². The van der Waals surface area contributed by atoms with Gasteiger partial charge in [-0.3, -0.25) is 0 Å². The summed E-state index contributed by atoms with van der Waals surface area (Å²) in [6.07, 6.45) is 2.12. The minimum atomic E-state index is -0.280. The Balaban J connectivity index is 1.88. The first-order valence-electron chi connectivity index (χ1n) is 6.96. The smallest absolute Gasteiger partial charge is 0.410 e. The van der Waals surface area contributed by atoms with E-state index in [0.717, 1.165) is 18.4 Å². The van der Waals surface area contributed by atoms with E-state index >= 15 is 0 Å². The molecule has 0 N–H and O–H groups in total. The van der Waals surface area contributed by atoms with Crippen molar-refractivity contribution in [2.24, 2.45) is 5.41 Å². The molecule has 106 valence electrons. The number of nitrogens with zero attached hydrogens (tertiary/aromatic N) is 2. The number of hydrogen-bond acceptors (Lipinski definition) is 3. The Morgan fingerprint density at radius 3 is 2.90 bits per heavy atom. The van der Waals surface area contributed by atoms with E-state index in [1.54, 1.807) is 4.90 Å². The van der Waals surface area contributed by atoms with Crippen molar-refractivity contribution < 1.29 is 9.53 Å². The van der Waals surface area contributed by atoms with Crippen LogP contribution in [-0.4, -0.2) is 24.1 Å². The molecule has 0 aromatic heterocycles. The molecule has 1 aromatic rings. The van der Waals surface area contributed by atoms with Gasteiger partial charge in [-0.1, -0.05) is 37.3 Å².